The number of nitrogens with zero attached hydrogens (tertiary/aromatic N) is 1. The van der Waals surface area contributed by atoms with Crippen molar-refractivity contribution < 1.29 is 0 Å². The first kappa shape index (κ1) is 13.1. The monoisotopic (exact) mass is 241 g/mol. The number of aryl methyl sites for hydroxylation is 1. The zero-order valence-electron chi connectivity index (χ0n) is 12.3. The van der Waals surface area contributed by atoms with E-state index in [9.17, 15) is 0 Å². The predicted octanol–water partition coefficient (Wildman–Crippen LogP) is 4.96. The van der Waals surface area contributed by atoms with Crippen LogP contribution in [0.3, 0.4) is 0 Å². The van der Waals surface area contributed by atoms with E-state index in [1.807, 2.05) is 0 Å². The molecule has 2 rings (SSSR count). The van der Waals surface area contributed by atoms with Crippen molar-refractivity contribution in [3.8, 4) is 0 Å². The average Bonchev–Trinajstić information content (AvgIpc) is 2.27. The number of para-hydroxylation sites is 1. The number of benzene rings is 1. The van der Waals surface area contributed by atoms with Crippen molar-refractivity contribution in [2.24, 2.45) is 0 Å². The highest BCUT2D eigenvalue weighted by molar-refractivity contribution is 5.83. The highest BCUT2D eigenvalue weighted by atomic mass is 14.7. The van der Waals surface area contributed by atoms with Crippen LogP contribution in [-0.2, 0) is 5.41 Å². The number of hydrogen-bond donors (Lipinski definition) is 0. The summed E-state index contributed by atoms with van der Waals surface area (Å²) in [5.74, 6) is 0.461. The van der Waals surface area contributed by atoms with Crippen LogP contribution in [0.25, 0.3) is 10.9 Å². The van der Waals surface area contributed by atoms with Gasteiger partial charge in [-0.15, -0.1) is 0 Å². The Morgan fingerprint density at radius 2 is 1.67 bits per heavy atom. The highest BCUT2D eigenvalue weighted by Crippen LogP contribution is 2.35. The molecule has 0 saturated carbocycles. The second-order valence-electron chi connectivity index (χ2n) is 6.42. The third-order valence-electron chi connectivity index (χ3n) is 3.48. The molecule has 0 bridgehead atoms. The minimum Gasteiger partial charge on any atom is -0.252 e. The summed E-state index contributed by atoms with van der Waals surface area (Å²) < 4.78 is 0. The van der Waals surface area contributed by atoms with E-state index in [-0.39, 0.29) is 5.41 Å². The van der Waals surface area contributed by atoms with Gasteiger partial charge in [0.05, 0.1) is 5.52 Å². The fraction of sp³-hybridized carbons (Fsp3) is 0.471. The van der Waals surface area contributed by atoms with Gasteiger partial charge in [-0.2, -0.15) is 0 Å². The van der Waals surface area contributed by atoms with Crippen molar-refractivity contribution in [2.45, 2.75) is 52.9 Å². The van der Waals surface area contributed by atoms with Gasteiger partial charge in [0, 0.05) is 11.1 Å². The van der Waals surface area contributed by atoms with E-state index in [4.69, 9.17) is 4.98 Å². The molecular formula is C17H23N. The molecule has 0 fully saturated rings. The summed E-state index contributed by atoms with van der Waals surface area (Å²) in [5, 5.41) is 1.28. The number of hydrogen-bond acceptors (Lipinski definition) is 1. The predicted molar refractivity (Wildman–Crippen MR) is 79.3 cm³/mol. The summed E-state index contributed by atoms with van der Waals surface area (Å²) in [4.78, 5) is 4.90. The molecule has 1 heterocycles. The van der Waals surface area contributed by atoms with Crippen LogP contribution < -0.4 is 0 Å². The van der Waals surface area contributed by atoms with E-state index in [1.54, 1.807) is 0 Å². The zero-order chi connectivity index (χ0) is 13.5. The summed E-state index contributed by atoms with van der Waals surface area (Å²) in [5.41, 5.74) is 5.30. The molecule has 2 aromatic rings. The van der Waals surface area contributed by atoms with E-state index in [0.717, 1.165) is 5.52 Å². The van der Waals surface area contributed by atoms with E-state index < -0.39 is 0 Å². The van der Waals surface area contributed by atoms with Crippen LogP contribution >= 0.6 is 0 Å². The Morgan fingerprint density at radius 3 is 2.22 bits per heavy atom. The smallest absolute Gasteiger partial charge is 0.0708 e. The lowest BCUT2D eigenvalue weighted by Crippen LogP contribution is -2.18. The molecule has 0 radical (unpaired) electrons. The third-order valence-corrected chi connectivity index (χ3v) is 3.48. The van der Waals surface area contributed by atoms with Crippen LogP contribution in [0.2, 0.25) is 0 Å². The van der Waals surface area contributed by atoms with Gasteiger partial charge < -0.3 is 0 Å². The Bertz CT molecular complexity index is 574. The van der Waals surface area contributed by atoms with Crippen molar-refractivity contribution in [1.82, 2.24) is 4.98 Å². The lowest BCUT2D eigenvalue weighted by atomic mass is 9.79. The third kappa shape index (κ3) is 2.14. The fourth-order valence-corrected chi connectivity index (χ4v) is 2.77. The summed E-state index contributed by atoms with van der Waals surface area (Å²) >= 11 is 0. The zero-order valence-corrected chi connectivity index (χ0v) is 12.3. The Morgan fingerprint density at radius 1 is 1.06 bits per heavy atom. The number of rotatable bonds is 1. The maximum absolute atomic E-state index is 4.90. The quantitative estimate of drug-likeness (QED) is 0.687. The molecule has 1 aromatic carbocycles. The highest BCUT2D eigenvalue weighted by Gasteiger charge is 2.24. The van der Waals surface area contributed by atoms with E-state index in [0.29, 0.717) is 5.92 Å². The van der Waals surface area contributed by atoms with Crippen LogP contribution in [0, 0.1) is 6.92 Å². The minimum absolute atomic E-state index is 0.140. The van der Waals surface area contributed by atoms with Gasteiger partial charge in [-0.05, 0) is 35.4 Å². The summed E-state index contributed by atoms with van der Waals surface area (Å²) in [6.45, 7) is 13.5. The van der Waals surface area contributed by atoms with Crippen LogP contribution in [0.15, 0.2) is 24.3 Å². The lowest BCUT2D eigenvalue weighted by molar-refractivity contribution is 0.568. The van der Waals surface area contributed by atoms with Crippen molar-refractivity contribution in [1.29, 1.82) is 0 Å². The maximum Gasteiger partial charge on any atom is 0.0708 e. The average molecular weight is 241 g/mol. The molecule has 0 amide bonds. The van der Waals surface area contributed by atoms with Crippen molar-refractivity contribution in [3.05, 3.63) is 41.1 Å². The Kier molecular flexibility index (Phi) is 3.18. The molecule has 0 spiro atoms. The molecule has 0 aliphatic rings. The van der Waals surface area contributed by atoms with Crippen molar-refractivity contribution in [2.75, 3.05) is 0 Å². The number of fused-ring (bicyclic) bond motifs is 1. The lowest BCUT2D eigenvalue weighted by Gasteiger charge is -2.27. The summed E-state index contributed by atoms with van der Waals surface area (Å²) in [6.07, 6.45) is 0. The molecular weight excluding hydrogens is 218 g/mol. The molecule has 1 aromatic heterocycles. The van der Waals surface area contributed by atoms with Crippen LogP contribution in [0.5, 0.6) is 0 Å². The van der Waals surface area contributed by atoms with Gasteiger partial charge in [-0.1, -0.05) is 52.8 Å². The van der Waals surface area contributed by atoms with Crippen molar-refractivity contribution >= 4 is 10.9 Å². The summed E-state index contributed by atoms with van der Waals surface area (Å²) in [6, 6.07) is 8.45. The largest absolute Gasteiger partial charge is 0.252 e. The molecule has 0 unspecified atom stereocenters. The van der Waals surface area contributed by atoms with E-state index >= 15 is 0 Å². The first-order valence-corrected chi connectivity index (χ1v) is 6.72. The second kappa shape index (κ2) is 4.38. The standard InChI is InChI=1S/C17H23N/c1-11(2)16-15(17(4,5)6)12(3)13-9-7-8-10-14(13)18-16/h7-11H,1-6H3. The van der Waals surface area contributed by atoms with Crippen LogP contribution in [0.1, 0.15) is 57.4 Å². The van der Waals surface area contributed by atoms with E-state index in [2.05, 4.69) is 65.8 Å². The molecule has 18 heavy (non-hydrogen) atoms. The molecule has 0 N–H and O–H groups in total. The first-order chi connectivity index (χ1) is 8.32. The van der Waals surface area contributed by atoms with Gasteiger partial charge in [0.2, 0.25) is 0 Å². The fourth-order valence-electron chi connectivity index (χ4n) is 2.77. The van der Waals surface area contributed by atoms with Crippen LogP contribution in [0.4, 0.5) is 0 Å². The Labute approximate surface area is 110 Å². The van der Waals surface area contributed by atoms with Gasteiger partial charge in [0.25, 0.3) is 0 Å². The minimum atomic E-state index is 0.140. The van der Waals surface area contributed by atoms with Crippen LogP contribution in [-0.4, -0.2) is 4.98 Å². The molecule has 0 aliphatic carbocycles. The first-order valence-electron chi connectivity index (χ1n) is 6.72. The number of pyridine rings is 1. The van der Waals surface area contributed by atoms with Gasteiger partial charge in [0.15, 0.2) is 0 Å². The summed E-state index contributed by atoms with van der Waals surface area (Å²) in [7, 11) is 0. The normalized spacial score (nSPS) is 12.4. The molecule has 96 valence electrons. The molecule has 0 aliphatic heterocycles. The van der Waals surface area contributed by atoms with Gasteiger partial charge in [-0.25, -0.2) is 0 Å². The maximum atomic E-state index is 4.90. The van der Waals surface area contributed by atoms with Gasteiger partial charge >= 0.3 is 0 Å². The van der Waals surface area contributed by atoms with Gasteiger partial charge in [0.1, 0.15) is 0 Å². The molecule has 1 heteroatoms. The number of aromatic nitrogens is 1. The molecule has 0 saturated heterocycles. The Hall–Kier alpha value is -1.37. The topological polar surface area (TPSA) is 12.9 Å². The van der Waals surface area contributed by atoms with Gasteiger partial charge in [-0.3, -0.25) is 4.98 Å². The molecule has 1 nitrogen and oxygen atoms in total. The Balaban J connectivity index is 2.89. The van der Waals surface area contributed by atoms with E-state index in [1.165, 1.54) is 22.2 Å². The van der Waals surface area contributed by atoms with Crippen molar-refractivity contribution in [3.63, 3.8) is 0 Å². The second-order valence-corrected chi connectivity index (χ2v) is 6.42. The SMILES string of the molecule is Cc1c(C(C)(C)C)c(C(C)C)nc2ccccc12. The molecule has 0 atom stereocenters.